The quantitative estimate of drug-likeness (QED) is 0.541. The Labute approximate surface area is 195 Å². The van der Waals surface area contributed by atoms with Crippen LogP contribution in [0.1, 0.15) is 60.0 Å². The number of halogens is 3. The molecule has 1 unspecified atom stereocenters. The summed E-state index contributed by atoms with van der Waals surface area (Å²) in [5.41, 5.74) is -0.274. The van der Waals surface area contributed by atoms with Gasteiger partial charge in [-0.2, -0.15) is 13.2 Å². The van der Waals surface area contributed by atoms with Crippen LogP contribution in [0.4, 0.5) is 18.9 Å². The largest absolute Gasteiger partial charge is 0.416 e. The fourth-order valence-electron chi connectivity index (χ4n) is 4.35. The van der Waals surface area contributed by atoms with Crippen molar-refractivity contribution in [2.75, 3.05) is 18.4 Å². The number of aromatic nitrogens is 2. The number of carbonyl (C=O) groups excluding carboxylic acids is 1. The Morgan fingerprint density at radius 2 is 1.82 bits per heavy atom. The molecule has 1 atom stereocenters. The zero-order valence-electron chi connectivity index (χ0n) is 19.3. The summed E-state index contributed by atoms with van der Waals surface area (Å²) < 4.78 is 41.5. The van der Waals surface area contributed by atoms with Gasteiger partial charge >= 0.3 is 6.18 Å². The van der Waals surface area contributed by atoms with E-state index in [0.717, 1.165) is 32.0 Å². The molecule has 0 spiro atoms. The van der Waals surface area contributed by atoms with Gasteiger partial charge in [-0.3, -0.25) is 9.59 Å². The van der Waals surface area contributed by atoms with E-state index >= 15 is 0 Å². The van der Waals surface area contributed by atoms with Gasteiger partial charge in [-0.05, 0) is 74.6 Å². The molecular formula is C25H27F3N4O2. The number of likely N-dealkylation sites (tertiary alicyclic amines) is 1. The van der Waals surface area contributed by atoms with Gasteiger partial charge in [-0.25, -0.2) is 4.98 Å². The molecule has 0 bridgehead atoms. The van der Waals surface area contributed by atoms with Crippen molar-refractivity contribution in [2.24, 2.45) is 5.92 Å². The Morgan fingerprint density at radius 3 is 2.44 bits per heavy atom. The molecule has 34 heavy (non-hydrogen) atoms. The Hall–Kier alpha value is -3.36. The van der Waals surface area contributed by atoms with Crippen molar-refractivity contribution in [3.8, 4) is 0 Å². The summed E-state index contributed by atoms with van der Waals surface area (Å²) in [7, 11) is 0. The maximum atomic E-state index is 13.8. The number of piperidine rings is 1. The third kappa shape index (κ3) is 4.93. The fourth-order valence-corrected chi connectivity index (χ4v) is 4.35. The molecule has 0 radical (unpaired) electrons. The van der Waals surface area contributed by atoms with E-state index in [4.69, 9.17) is 0 Å². The van der Waals surface area contributed by atoms with Crippen molar-refractivity contribution in [3.63, 3.8) is 0 Å². The molecule has 2 N–H and O–H groups in total. The molecule has 1 aromatic heterocycles. The van der Waals surface area contributed by atoms with Gasteiger partial charge in [0, 0.05) is 30.4 Å². The lowest BCUT2D eigenvalue weighted by atomic mass is 9.97. The summed E-state index contributed by atoms with van der Waals surface area (Å²) >= 11 is 0. The zero-order chi connectivity index (χ0) is 24.6. The molecule has 1 amide bonds. The summed E-state index contributed by atoms with van der Waals surface area (Å²) in [4.78, 5) is 33.5. The first-order valence-corrected chi connectivity index (χ1v) is 11.3. The minimum atomic E-state index is -4.61. The Balaban J connectivity index is 1.58. The number of anilines is 1. The van der Waals surface area contributed by atoms with Crippen molar-refractivity contribution in [1.82, 2.24) is 14.9 Å². The predicted molar refractivity (Wildman–Crippen MR) is 125 cm³/mol. The minimum Gasteiger partial charge on any atom is -0.379 e. The average Bonchev–Trinajstić information content (AvgIpc) is 2.78. The molecule has 3 aromatic rings. The van der Waals surface area contributed by atoms with Crippen LogP contribution in [0.2, 0.25) is 0 Å². The number of nitrogens with zero attached hydrogens (tertiary/aromatic N) is 2. The van der Waals surface area contributed by atoms with Crippen LogP contribution in [0, 0.1) is 12.8 Å². The molecule has 4 rings (SSSR count). The van der Waals surface area contributed by atoms with Crippen LogP contribution in [0.5, 0.6) is 0 Å². The number of fused-ring (bicyclic) bond motifs is 1. The Kier molecular flexibility index (Phi) is 6.38. The van der Waals surface area contributed by atoms with E-state index in [0.29, 0.717) is 17.2 Å². The highest BCUT2D eigenvalue weighted by Crippen LogP contribution is 2.37. The lowest BCUT2D eigenvalue weighted by Gasteiger charge is -2.30. The van der Waals surface area contributed by atoms with Gasteiger partial charge in [-0.15, -0.1) is 0 Å². The number of hydrogen-bond donors (Lipinski definition) is 2. The van der Waals surface area contributed by atoms with Crippen molar-refractivity contribution in [3.05, 3.63) is 69.3 Å². The Morgan fingerprint density at radius 1 is 1.18 bits per heavy atom. The molecule has 0 saturated carbocycles. The molecule has 1 aliphatic rings. The summed E-state index contributed by atoms with van der Waals surface area (Å²) in [5.74, 6) is 0.824. The maximum Gasteiger partial charge on any atom is 0.416 e. The predicted octanol–water partition coefficient (Wildman–Crippen LogP) is 5.30. The van der Waals surface area contributed by atoms with E-state index in [1.807, 2.05) is 4.90 Å². The van der Waals surface area contributed by atoms with E-state index in [1.54, 1.807) is 31.2 Å². The van der Waals surface area contributed by atoms with Gasteiger partial charge in [0.25, 0.3) is 11.5 Å². The SMILES string of the molecule is Cc1nc2cc(C(F)(F)F)c(C(C)Nc3ccc(C(=O)N4CCC(C)CC4)cc3)cc2c(=O)[nH]1. The number of alkyl halides is 3. The van der Waals surface area contributed by atoms with Crippen LogP contribution in [-0.4, -0.2) is 33.9 Å². The lowest BCUT2D eigenvalue weighted by Crippen LogP contribution is -2.37. The summed E-state index contributed by atoms with van der Waals surface area (Å²) in [6, 6.07) is 8.13. The van der Waals surface area contributed by atoms with Crippen molar-refractivity contribution in [1.29, 1.82) is 0 Å². The van der Waals surface area contributed by atoms with Crippen LogP contribution in [0.15, 0.2) is 41.2 Å². The molecule has 1 fully saturated rings. The van der Waals surface area contributed by atoms with Crippen LogP contribution in [0.25, 0.3) is 10.9 Å². The third-order valence-electron chi connectivity index (χ3n) is 6.35. The number of carbonyl (C=O) groups is 1. The summed E-state index contributed by atoms with van der Waals surface area (Å²) in [5, 5.41) is 3.16. The molecule has 180 valence electrons. The monoisotopic (exact) mass is 472 g/mol. The van der Waals surface area contributed by atoms with E-state index in [-0.39, 0.29) is 28.2 Å². The second-order valence-corrected chi connectivity index (χ2v) is 9.02. The van der Waals surface area contributed by atoms with Crippen LogP contribution >= 0.6 is 0 Å². The van der Waals surface area contributed by atoms with Gasteiger partial charge in [0.1, 0.15) is 5.82 Å². The molecule has 9 heteroatoms. The van der Waals surface area contributed by atoms with Crippen molar-refractivity contribution >= 4 is 22.5 Å². The highest BCUT2D eigenvalue weighted by Gasteiger charge is 2.35. The Bertz CT molecular complexity index is 1260. The smallest absolute Gasteiger partial charge is 0.379 e. The average molecular weight is 473 g/mol. The van der Waals surface area contributed by atoms with Gasteiger partial charge < -0.3 is 15.2 Å². The zero-order valence-corrected chi connectivity index (χ0v) is 19.3. The van der Waals surface area contributed by atoms with Gasteiger partial charge in [0.2, 0.25) is 0 Å². The van der Waals surface area contributed by atoms with Gasteiger partial charge in [0.15, 0.2) is 0 Å². The number of aryl methyl sites for hydroxylation is 1. The number of hydrogen-bond acceptors (Lipinski definition) is 4. The molecular weight excluding hydrogens is 445 g/mol. The first kappa shape index (κ1) is 23.8. The van der Waals surface area contributed by atoms with E-state index in [2.05, 4.69) is 22.2 Å². The van der Waals surface area contributed by atoms with E-state index in [1.165, 1.54) is 13.0 Å². The van der Waals surface area contributed by atoms with E-state index < -0.39 is 23.3 Å². The van der Waals surface area contributed by atoms with Crippen LogP contribution < -0.4 is 10.9 Å². The highest BCUT2D eigenvalue weighted by molar-refractivity contribution is 5.94. The molecule has 6 nitrogen and oxygen atoms in total. The van der Waals surface area contributed by atoms with Crippen LogP contribution in [0.3, 0.4) is 0 Å². The van der Waals surface area contributed by atoms with Crippen molar-refractivity contribution < 1.29 is 18.0 Å². The summed E-state index contributed by atoms with van der Waals surface area (Å²) in [6.45, 7) is 6.75. The number of aromatic amines is 1. The standard InChI is InChI=1S/C25H27F3N4O2/c1-14-8-10-32(11-9-14)24(34)17-4-6-18(7-5-17)29-15(2)19-12-20-22(13-21(19)25(26,27)28)30-16(3)31-23(20)33/h4-7,12-15,29H,8-11H2,1-3H3,(H,30,31,33). The number of benzene rings is 2. The molecule has 2 aromatic carbocycles. The highest BCUT2D eigenvalue weighted by atomic mass is 19.4. The topological polar surface area (TPSA) is 78.1 Å². The minimum absolute atomic E-state index is 0.000466. The second kappa shape index (κ2) is 9.12. The number of amides is 1. The number of nitrogens with one attached hydrogen (secondary N) is 2. The number of H-pyrrole nitrogens is 1. The van der Waals surface area contributed by atoms with Crippen LogP contribution in [-0.2, 0) is 6.18 Å². The third-order valence-corrected chi connectivity index (χ3v) is 6.35. The molecule has 1 saturated heterocycles. The lowest BCUT2D eigenvalue weighted by molar-refractivity contribution is -0.138. The maximum absolute atomic E-state index is 13.8. The van der Waals surface area contributed by atoms with Crippen molar-refractivity contribution in [2.45, 2.75) is 45.8 Å². The number of rotatable bonds is 4. The molecule has 1 aliphatic heterocycles. The first-order valence-electron chi connectivity index (χ1n) is 11.3. The molecule has 2 heterocycles. The second-order valence-electron chi connectivity index (χ2n) is 9.02. The first-order chi connectivity index (χ1) is 16.0. The fraction of sp³-hybridized carbons (Fsp3) is 0.400. The van der Waals surface area contributed by atoms with Gasteiger partial charge in [-0.1, -0.05) is 6.92 Å². The van der Waals surface area contributed by atoms with Gasteiger partial charge in [0.05, 0.1) is 16.5 Å². The molecule has 0 aliphatic carbocycles. The van der Waals surface area contributed by atoms with E-state index in [9.17, 15) is 22.8 Å². The summed E-state index contributed by atoms with van der Waals surface area (Å²) in [6.07, 6.45) is -2.65. The normalized spacial score (nSPS) is 16.0.